The minimum atomic E-state index is -0.910. The number of carbonyl (C=O) groups is 1. The number of hydrogen-bond acceptors (Lipinski definition) is 8. The van der Waals surface area contributed by atoms with Gasteiger partial charge in [0.15, 0.2) is 17.4 Å². The summed E-state index contributed by atoms with van der Waals surface area (Å²) in [5.41, 5.74) is 1.46. The standard InChI is InChI=1S/C21H13F2N7O3/c22-10-7-11(23)15-14(8-10)32-19(27-15)17-16-12(25-9-26-16)4-6-30(17)21(31)20-29-28-18(33-20)13-3-1-2-5-24-13/h1-3,5,7-9,17H,4,6H2,(H,25,26)/t17-/m0/s1. The summed E-state index contributed by atoms with van der Waals surface area (Å²) < 4.78 is 39.1. The quantitative estimate of drug-likeness (QED) is 0.445. The summed E-state index contributed by atoms with van der Waals surface area (Å²) in [5, 5.41) is 7.78. The van der Waals surface area contributed by atoms with Crippen molar-refractivity contribution >= 4 is 17.0 Å². The number of oxazole rings is 1. The fraction of sp³-hybridized carbons (Fsp3) is 0.143. The van der Waals surface area contributed by atoms with Crippen LogP contribution >= 0.6 is 0 Å². The lowest BCUT2D eigenvalue weighted by Gasteiger charge is -2.31. The van der Waals surface area contributed by atoms with Crippen molar-refractivity contribution in [2.45, 2.75) is 12.5 Å². The maximum absolute atomic E-state index is 14.2. The van der Waals surface area contributed by atoms with Gasteiger partial charge in [0, 0.05) is 37.0 Å². The van der Waals surface area contributed by atoms with Crippen molar-refractivity contribution in [1.82, 2.24) is 35.0 Å². The molecule has 5 heterocycles. The van der Waals surface area contributed by atoms with Crippen LogP contribution in [0.2, 0.25) is 0 Å². The number of hydrogen-bond donors (Lipinski definition) is 1. The SMILES string of the molecule is O=C(c1nnc(-c2ccccn2)o1)N1CCc2[nH]cnc2[C@H]1c1nc2c(F)cc(F)cc2o1. The van der Waals surface area contributed by atoms with Crippen molar-refractivity contribution < 1.29 is 22.4 Å². The summed E-state index contributed by atoms with van der Waals surface area (Å²) in [5.74, 6) is -2.43. The molecule has 5 aromatic rings. The molecular weight excluding hydrogens is 436 g/mol. The van der Waals surface area contributed by atoms with Crippen LogP contribution in [0.1, 0.15) is 34.0 Å². The largest absolute Gasteiger partial charge is 0.438 e. The van der Waals surface area contributed by atoms with Gasteiger partial charge in [0.05, 0.1) is 12.0 Å². The number of aromatic nitrogens is 6. The van der Waals surface area contributed by atoms with Crippen molar-refractivity contribution in [3.63, 3.8) is 0 Å². The number of carbonyl (C=O) groups excluding carboxylic acids is 1. The number of pyridine rings is 1. The van der Waals surface area contributed by atoms with Crippen LogP contribution in [0, 0.1) is 11.6 Å². The third-order valence-corrected chi connectivity index (χ3v) is 5.34. The van der Waals surface area contributed by atoms with Gasteiger partial charge < -0.3 is 18.7 Å². The fourth-order valence-corrected chi connectivity index (χ4v) is 3.86. The van der Waals surface area contributed by atoms with Crippen LogP contribution < -0.4 is 0 Å². The highest BCUT2D eigenvalue weighted by Crippen LogP contribution is 2.36. The Balaban J connectivity index is 1.42. The first kappa shape index (κ1) is 19.2. The molecule has 1 aliphatic heterocycles. The number of aromatic amines is 1. The number of H-pyrrole nitrogens is 1. The second-order valence-electron chi connectivity index (χ2n) is 7.33. The monoisotopic (exact) mass is 449 g/mol. The molecule has 1 amide bonds. The first-order chi connectivity index (χ1) is 16.1. The Labute approximate surface area is 183 Å². The first-order valence-electron chi connectivity index (χ1n) is 9.92. The molecule has 0 aliphatic carbocycles. The van der Waals surface area contributed by atoms with Crippen molar-refractivity contribution in [2.24, 2.45) is 0 Å². The predicted molar refractivity (Wildman–Crippen MR) is 107 cm³/mol. The summed E-state index contributed by atoms with van der Waals surface area (Å²) >= 11 is 0. The molecule has 1 N–H and O–H groups in total. The lowest BCUT2D eigenvalue weighted by Crippen LogP contribution is -2.41. The Morgan fingerprint density at radius 1 is 1.15 bits per heavy atom. The van der Waals surface area contributed by atoms with Crippen LogP contribution in [0.15, 0.2) is 51.7 Å². The van der Waals surface area contributed by atoms with Crippen molar-refractivity contribution in [2.75, 3.05) is 6.54 Å². The predicted octanol–water partition coefficient (Wildman–Crippen LogP) is 3.06. The van der Waals surface area contributed by atoms with E-state index >= 15 is 0 Å². The molecule has 1 atom stereocenters. The summed E-state index contributed by atoms with van der Waals surface area (Å²) in [6.07, 6.45) is 3.53. The molecule has 6 rings (SSSR count). The van der Waals surface area contributed by atoms with Crippen LogP contribution in [0.3, 0.4) is 0 Å². The van der Waals surface area contributed by atoms with Crippen molar-refractivity contribution in [3.05, 3.63) is 77.7 Å². The van der Waals surface area contributed by atoms with Crippen LogP contribution in [0.5, 0.6) is 0 Å². The van der Waals surface area contributed by atoms with E-state index in [0.717, 1.165) is 17.8 Å². The van der Waals surface area contributed by atoms with Crippen LogP contribution in [-0.4, -0.2) is 47.5 Å². The highest BCUT2D eigenvalue weighted by molar-refractivity contribution is 5.90. The molecule has 0 saturated carbocycles. The maximum Gasteiger partial charge on any atom is 0.312 e. The number of imidazole rings is 1. The second kappa shape index (κ2) is 7.29. The lowest BCUT2D eigenvalue weighted by molar-refractivity contribution is 0.0627. The Kier molecular flexibility index (Phi) is 4.25. The number of nitrogens with zero attached hydrogens (tertiary/aromatic N) is 6. The van der Waals surface area contributed by atoms with Gasteiger partial charge in [-0.05, 0) is 12.1 Å². The molecule has 0 radical (unpaired) electrons. The van der Waals surface area contributed by atoms with E-state index < -0.39 is 23.6 Å². The molecule has 1 aliphatic rings. The molecule has 33 heavy (non-hydrogen) atoms. The topological polar surface area (TPSA) is 127 Å². The highest BCUT2D eigenvalue weighted by Gasteiger charge is 2.40. The number of rotatable bonds is 3. The Hall–Kier alpha value is -4.48. The average Bonchev–Trinajstić information content (AvgIpc) is 3.57. The van der Waals surface area contributed by atoms with Crippen molar-refractivity contribution in [1.29, 1.82) is 0 Å². The molecule has 4 aromatic heterocycles. The molecule has 0 bridgehead atoms. The van der Waals surface area contributed by atoms with Gasteiger partial charge in [0.2, 0.25) is 5.89 Å². The minimum absolute atomic E-state index is 0.0136. The van der Waals surface area contributed by atoms with Crippen LogP contribution in [-0.2, 0) is 6.42 Å². The fourth-order valence-electron chi connectivity index (χ4n) is 3.86. The van der Waals surface area contributed by atoms with Crippen molar-refractivity contribution in [3.8, 4) is 11.6 Å². The van der Waals surface area contributed by atoms with Crippen LogP contribution in [0.25, 0.3) is 22.7 Å². The van der Waals surface area contributed by atoms with Gasteiger partial charge in [-0.3, -0.25) is 9.78 Å². The van der Waals surface area contributed by atoms with E-state index in [2.05, 4.69) is 30.1 Å². The number of amides is 1. The van der Waals surface area contributed by atoms with Gasteiger partial charge in [0.25, 0.3) is 5.89 Å². The molecule has 0 unspecified atom stereocenters. The zero-order valence-corrected chi connectivity index (χ0v) is 16.7. The van der Waals surface area contributed by atoms with Gasteiger partial charge in [-0.15, -0.1) is 10.2 Å². The summed E-state index contributed by atoms with van der Waals surface area (Å²) in [6.45, 7) is 0.246. The molecule has 164 valence electrons. The van der Waals surface area contributed by atoms with E-state index in [1.807, 2.05) is 0 Å². The lowest BCUT2D eigenvalue weighted by atomic mass is 10.0. The third kappa shape index (κ3) is 3.14. The summed E-state index contributed by atoms with van der Waals surface area (Å²) in [7, 11) is 0. The zero-order chi connectivity index (χ0) is 22.5. The first-order valence-corrected chi connectivity index (χ1v) is 9.92. The number of benzene rings is 1. The van der Waals surface area contributed by atoms with Gasteiger partial charge in [-0.2, -0.15) is 0 Å². The Morgan fingerprint density at radius 3 is 2.91 bits per heavy atom. The van der Waals surface area contributed by atoms with Gasteiger partial charge in [0.1, 0.15) is 17.0 Å². The molecular formula is C21H13F2N7O3. The highest BCUT2D eigenvalue weighted by atomic mass is 19.1. The van der Waals surface area contributed by atoms with Gasteiger partial charge in [-0.1, -0.05) is 6.07 Å². The summed E-state index contributed by atoms with van der Waals surface area (Å²) in [6, 6.07) is 6.01. The van der Waals surface area contributed by atoms with E-state index in [9.17, 15) is 13.6 Å². The van der Waals surface area contributed by atoms with Gasteiger partial charge >= 0.3 is 11.8 Å². The average molecular weight is 449 g/mol. The maximum atomic E-state index is 14.2. The van der Waals surface area contributed by atoms with E-state index in [4.69, 9.17) is 8.83 Å². The van der Waals surface area contributed by atoms with E-state index in [1.165, 1.54) is 11.2 Å². The number of halogens is 2. The number of nitrogens with one attached hydrogen (secondary N) is 1. The van der Waals surface area contributed by atoms with Crippen LogP contribution in [0.4, 0.5) is 8.78 Å². The zero-order valence-electron chi connectivity index (χ0n) is 16.7. The summed E-state index contributed by atoms with van der Waals surface area (Å²) in [4.78, 5) is 30.4. The van der Waals surface area contributed by atoms with E-state index in [0.29, 0.717) is 17.8 Å². The Bertz CT molecular complexity index is 1490. The molecule has 0 spiro atoms. The minimum Gasteiger partial charge on any atom is -0.438 e. The van der Waals surface area contributed by atoms with E-state index in [-0.39, 0.29) is 35.3 Å². The number of fused-ring (bicyclic) bond motifs is 2. The smallest absolute Gasteiger partial charge is 0.312 e. The molecule has 10 nitrogen and oxygen atoms in total. The Morgan fingerprint density at radius 2 is 2.06 bits per heavy atom. The normalized spacial score (nSPS) is 15.7. The molecule has 0 saturated heterocycles. The second-order valence-corrected chi connectivity index (χ2v) is 7.33. The third-order valence-electron chi connectivity index (χ3n) is 5.34. The molecule has 12 heteroatoms. The molecule has 0 fully saturated rings. The van der Waals surface area contributed by atoms with E-state index in [1.54, 1.807) is 24.4 Å². The molecule has 1 aromatic carbocycles. The van der Waals surface area contributed by atoms with Gasteiger partial charge in [-0.25, -0.2) is 18.7 Å².